The molecule has 1 aliphatic heterocycles. The van der Waals surface area contributed by atoms with E-state index in [4.69, 9.17) is 0 Å². The van der Waals surface area contributed by atoms with Crippen LogP contribution in [-0.4, -0.2) is 53.9 Å². The summed E-state index contributed by atoms with van der Waals surface area (Å²) in [6.45, 7) is 3.42. The van der Waals surface area contributed by atoms with Gasteiger partial charge in [0.1, 0.15) is 5.65 Å². The molecule has 0 aliphatic carbocycles. The SMILES string of the molecule is Cc1cnc2cc(C(=O)NCC3CCN(S(C)(=O)=O)C3)ccn12. The minimum atomic E-state index is -3.14. The van der Waals surface area contributed by atoms with Gasteiger partial charge in [0.25, 0.3) is 5.91 Å². The van der Waals surface area contributed by atoms with Crippen LogP contribution in [0.1, 0.15) is 22.5 Å². The number of nitrogens with one attached hydrogen (secondary N) is 1. The molecule has 7 nitrogen and oxygen atoms in total. The molecule has 1 N–H and O–H groups in total. The molecule has 23 heavy (non-hydrogen) atoms. The summed E-state index contributed by atoms with van der Waals surface area (Å²) >= 11 is 0. The van der Waals surface area contributed by atoms with Crippen molar-refractivity contribution in [2.24, 2.45) is 5.92 Å². The van der Waals surface area contributed by atoms with Crippen molar-refractivity contribution < 1.29 is 13.2 Å². The summed E-state index contributed by atoms with van der Waals surface area (Å²) in [5.41, 5.74) is 2.30. The molecule has 1 atom stereocenters. The highest BCUT2D eigenvalue weighted by Gasteiger charge is 2.28. The van der Waals surface area contributed by atoms with Crippen LogP contribution in [0.15, 0.2) is 24.5 Å². The molecule has 1 saturated heterocycles. The monoisotopic (exact) mass is 336 g/mol. The first kappa shape index (κ1) is 15.9. The number of sulfonamides is 1. The fourth-order valence-electron chi connectivity index (χ4n) is 2.85. The lowest BCUT2D eigenvalue weighted by Gasteiger charge is -2.14. The van der Waals surface area contributed by atoms with Crippen LogP contribution in [0.3, 0.4) is 0 Å². The summed E-state index contributed by atoms with van der Waals surface area (Å²) in [5.74, 6) is -0.00275. The number of hydrogen-bond donors (Lipinski definition) is 1. The minimum absolute atomic E-state index is 0.158. The Morgan fingerprint density at radius 1 is 1.48 bits per heavy atom. The van der Waals surface area contributed by atoms with Gasteiger partial charge in [0, 0.05) is 43.3 Å². The van der Waals surface area contributed by atoms with Crippen molar-refractivity contribution in [3.63, 3.8) is 0 Å². The number of pyridine rings is 1. The number of carbonyl (C=O) groups is 1. The quantitative estimate of drug-likeness (QED) is 0.889. The molecule has 1 aliphatic rings. The maximum absolute atomic E-state index is 12.3. The summed E-state index contributed by atoms with van der Waals surface area (Å²) < 4.78 is 26.4. The van der Waals surface area contributed by atoms with E-state index in [1.165, 1.54) is 10.6 Å². The Bertz CT molecular complexity index is 844. The molecular formula is C15H20N4O3S. The van der Waals surface area contributed by atoms with Crippen LogP contribution >= 0.6 is 0 Å². The standard InChI is InChI=1S/C15H20N4O3S/c1-11-8-16-14-7-13(4-6-19(11)14)15(20)17-9-12-3-5-18(10-12)23(2,21)22/h4,6-8,12H,3,5,9-10H2,1-2H3,(H,17,20). The number of imidazole rings is 1. The topological polar surface area (TPSA) is 83.8 Å². The van der Waals surface area contributed by atoms with Crippen LogP contribution in [0.2, 0.25) is 0 Å². The fourth-order valence-corrected chi connectivity index (χ4v) is 3.77. The number of nitrogens with zero attached hydrogens (tertiary/aromatic N) is 3. The zero-order chi connectivity index (χ0) is 16.6. The van der Waals surface area contributed by atoms with E-state index in [0.717, 1.165) is 17.8 Å². The van der Waals surface area contributed by atoms with E-state index in [0.29, 0.717) is 25.2 Å². The van der Waals surface area contributed by atoms with E-state index in [2.05, 4.69) is 10.3 Å². The molecule has 0 saturated carbocycles. The molecule has 1 unspecified atom stereocenters. The third kappa shape index (κ3) is 3.37. The van der Waals surface area contributed by atoms with Gasteiger partial charge in [0.05, 0.1) is 6.26 Å². The molecule has 0 spiro atoms. The molecule has 0 aromatic carbocycles. The molecule has 124 valence electrons. The Morgan fingerprint density at radius 3 is 2.96 bits per heavy atom. The van der Waals surface area contributed by atoms with Crippen LogP contribution in [0.25, 0.3) is 5.65 Å². The Morgan fingerprint density at radius 2 is 2.26 bits per heavy atom. The van der Waals surface area contributed by atoms with Gasteiger partial charge >= 0.3 is 0 Å². The third-order valence-corrected chi connectivity index (χ3v) is 5.50. The van der Waals surface area contributed by atoms with Gasteiger partial charge < -0.3 is 9.72 Å². The zero-order valence-corrected chi connectivity index (χ0v) is 14.0. The molecule has 3 heterocycles. The van der Waals surface area contributed by atoms with E-state index >= 15 is 0 Å². The molecule has 1 fully saturated rings. The van der Waals surface area contributed by atoms with Crippen LogP contribution in [0.4, 0.5) is 0 Å². The average molecular weight is 336 g/mol. The van der Waals surface area contributed by atoms with Gasteiger partial charge in [-0.05, 0) is 31.4 Å². The van der Waals surface area contributed by atoms with Crippen molar-refractivity contribution >= 4 is 21.6 Å². The lowest BCUT2D eigenvalue weighted by atomic mass is 10.1. The molecule has 0 bridgehead atoms. The Kier molecular flexibility index (Phi) is 4.11. The number of amides is 1. The highest BCUT2D eigenvalue weighted by atomic mass is 32.2. The smallest absolute Gasteiger partial charge is 0.251 e. The largest absolute Gasteiger partial charge is 0.352 e. The molecule has 2 aromatic rings. The van der Waals surface area contributed by atoms with E-state index < -0.39 is 10.0 Å². The number of hydrogen-bond acceptors (Lipinski definition) is 4. The lowest BCUT2D eigenvalue weighted by Crippen LogP contribution is -2.32. The molecule has 2 aromatic heterocycles. The Hall–Kier alpha value is -1.93. The first-order valence-corrected chi connectivity index (χ1v) is 9.36. The van der Waals surface area contributed by atoms with E-state index in [1.807, 2.05) is 17.5 Å². The number of aryl methyl sites for hydroxylation is 1. The van der Waals surface area contributed by atoms with Crippen molar-refractivity contribution in [3.05, 3.63) is 35.8 Å². The van der Waals surface area contributed by atoms with Gasteiger partial charge in [-0.1, -0.05) is 0 Å². The van der Waals surface area contributed by atoms with E-state index in [-0.39, 0.29) is 11.8 Å². The number of carbonyl (C=O) groups excluding carboxylic acids is 1. The van der Waals surface area contributed by atoms with Crippen molar-refractivity contribution in [3.8, 4) is 0 Å². The predicted octanol–water partition coefficient (Wildman–Crippen LogP) is 0.654. The molecule has 3 rings (SSSR count). The summed E-state index contributed by atoms with van der Waals surface area (Å²) in [6.07, 6.45) is 5.57. The zero-order valence-electron chi connectivity index (χ0n) is 13.2. The number of fused-ring (bicyclic) bond motifs is 1. The second-order valence-electron chi connectivity index (χ2n) is 6.03. The van der Waals surface area contributed by atoms with Crippen LogP contribution in [-0.2, 0) is 10.0 Å². The summed E-state index contributed by atoms with van der Waals surface area (Å²) in [6, 6.07) is 3.51. The summed E-state index contributed by atoms with van der Waals surface area (Å²) in [5, 5.41) is 2.89. The van der Waals surface area contributed by atoms with Crippen LogP contribution in [0, 0.1) is 12.8 Å². The first-order chi connectivity index (χ1) is 10.8. The number of rotatable bonds is 4. The van der Waals surface area contributed by atoms with Gasteiger partial charge in [0.15, 0.2) is 0 Å². The van der Waals surface area contributed by atoms with Crippen molar-refractivity contribution in [1.29, 1.82) is 0 Å². The van der Waals surface area contributed by atoms with Gasteiger partial charge in [-0.3, -0.25) is 4.79 Å². The maximum Gasteiger partial charge on any atom is 0.251 e. The fraction of sp³-hybridized carbons (Fsp3) is 0.467. The second kappa shape index (κ2) is 5.93. The normalized spacial score (nSPS) is 19.3. The first-order valence-electron chi connectivity index (χ1n) is 7.51. The third-order valence-electron chi connectivity index (χ3n) is 4.23. The molecule has 8 heteroatoms. The van der Waals surface area contributed by atoms with Gasteiger partial charge in [-0.15, -0.1) is 0 Å². The van der Waals surface area contributed by atoms with Gasteiger partial charge in [0.2, 0.25) is 10.0 Å². The summed E-state index contributed by atoms with van der Waals surface area (Å²) in [4.78, 5) is 16.5. The number of aromatic nitrogens is 2. The highest BCUT2D eigenvalue weighted by Crippen LogP contribution is 2.18. The lowest BCUT2D eigenvalue weighted by molar-refractivity contribution is 0.0948. The molecule has 1 amide bonds. The molecular weight excluding hydrogens is 316 g/mol. The van der Waals surface area contributed by atoms with Gasteiger partial charge in [-0.2, -0.15) is 0 Å². The summed E-state index contributed by atoms with van der Waals surface area (Å²) in [7, 11) is -3.14. The van der Waals surface area contributed by atoms with Crippen molar-refractivity contribution in [2.45, 2.75) is 13.3 Å². The predicted molar refractivity (Wildman–Crippen MR) is 86.8 cm³/mol. The van der Waals surface area contributed by atoms with Crippen LogP contribution < -0.4 is 5.32 Å². The Labute approximate surface area is 135 Å². The van der Waals surface area contributed by atoms with Crippen molar-refractivity contribution in [1.82, 2.24) is 19.0 Å². The van der Waals surface area contributed by atoms with E-state index in [9.17, 15) is 13.2 Å². The Balaban J connectivity index is 1.61. The average Bonchev–Trinajstić information content (AvgIpc) is 3.11. The van der Waals surface area contributed by atoms with Crippen molar-refractivity contribution in [2.75, 3.05) is 25.9 Å². The highest BCUT2D eigenvalue weighted by molar-refractivity contribution is 7.88. The van der Waals surface area contributed by atoms with Crippen LogP contribution in [0.5, 0.6) is 0 Å². The second-order valence-corrected chi connectivity index (χ2v) is 8.01. The van der Waals surface area contributed by atoms with Gasteiger partial charge in [-0.25, -0.2) is 17.7 Å². The van der Waals surface area contributed by atoms with E-state index in [1.54, 1.807) is 18.3 Å². The minimum Gasteiger partial charge on any atom is -0.352 e. The maximum atomic E-state index is 12.3. The molecule has 0 radical (unpaired) electrons.